The molecule has 0 aromatic rings. The Kier molecular flexibility index (Phi) is 1.74. The van der Waals surface area contributed by atoms with Crippen LogP contribution < -0.4 is 0 Å². The van der Waals surface area contributed by atoms with Crippen LogP contribution in [0.3, 0.4) is 0 Å². The van der Waals surface area contributed by atoms with Crippen LogP contribution in [0.4, 0.5) is 0 Å². The molecule has 7 heavy (non-hydrogen) atoms. The maximum Gasteiger partial charge on any atom is 0.112 e. The molecule has 0 aromatic carbocycles. The molecule has 1 nitrogen and oxygen atoms in total. The number of rotatable bonds is 0. The van der Waals surface area contributed by atoms with Gasteiger partial charge in [0.05, 0.1) is 0 Å². The zero-order valence-electron chi connectivity index (χ0n) is 4.43. The molecule has 0 amide bonds. The van der Waals surface area contributed by atoms with E-state index >= 15 is 0 Å². The first kappa shape index (κ1) is 5.17. The highest BCUT2D eigenvalue weighted by Gasteiger charge is 2.08. The van der Waals surface area contributed by atoms with Gasteiger partial charge in [0.15, 0.2) is 0 Å². The SMILES string of the molecule is OC1C[B]CCC1. The molecule has 0 spiro atoms. The van der Waals surface area contributed by atoms with Crippen LogP contribution in [0, 0.1) is 0 Å². The van der Waals surface area contributed by atoms with Crippen LogP contribution >= 0.6 is 0 Å². The van der Waals surface area contributed by atoms with Crippen LogP contribution in [0.2, 0.25) is 12.6 Å². The zero-order chi connectivity index (χ0) is 5.11. The third-order valence-corrected chi connectivity index (χ3v) is 1.38. The van der Waals surface area contributed by atoms with Crippen molar-refractivity contribution in [2.45, 2.75) is 31.6 Å². The van der Waals surface area contributed by atoms with Gasteiger partial charge in [0.25, 0.3) is 0 Å². The molecule has 1 aliphatic heterocycles. The van der Waals surface area contributed by atoms with Gasteiger partial charge in [-0.2, -0.15) is 0 Å². The minimum absolute atomic E-state index is 0.0197. The summed E-state index contributed by atoms with van der Waals surface area (Å²) in [4.78, 5) is 0. The molecule has 1 rings (SSSR count). The maximum absolute atomic E-state index is 8.88. The fourth-order valence-corrected chi connectivity index (χ4v) is 0.926. The van der Waals surface area contributed by atoms with Crippen molar-refractivity contribution in [1.82, 2.24) is 0 Å². The lowest BCUT2D eigenvalue weighted by Crippen LogP contribution is -2.14. The van der Waals surface area contributed by atoms with Gasteiger partial charge in [0.1, 0.15) is 7.28 Å². The van der Waals surface area contributed by atoms with Crippen molar-refractivity contribution in [2.75, 3.05) is 0 Å². The molecule has 39 valence electrons. The van der Waals surface area contributed by atoms with Gasteiger partial charge in [0, 0.05) is 6.10 Å². The van der Waals surface area contributed by atoms with E-state index in [1.54, 1.807) is 0 Å². The summed E-state index contributed by atoms with van der Waals surface area (Å²) in [6.07, 6.45) is 4.29. The standard InChI is InChI=1S/C5H10BO/c7-5-2-1-3-6-4-5/h5,7H,1-4H2. The average Bonchev–Trinajstić information content (AvgIpc) is 1.69. The summed E-state index contributed by atoms with van der Waals surface area (Å²) < 4.78 is 0. The normalized spacial score (nSPS) is 31.9. The van der Waals surface area contributed by atoms with Gasteiger partial charge in [-0.1, -0.05) is 19.1 Å². The van der Waals surface area contributed by atoms with E-state index in [-0.39, 0.29) is 6.10 Å². The predicted octanol–water partition coefficient (Wildman–Crippen LogP) is 0.682. The first-order valence-electron chi connectivity index (χ1n) is 2.89. The van der Waals surface area contributed by atoms with E-state index < -0.39 is 0 Å². The van der Waals surface area contributed by atoms with Gasteiger partial charge in [-0.15, -0.1) is 0 Å². The van der Waals surface area contributed by atoms with E-state index in [2.05, 4.69) is 7.28 Å². The Morgan fingerprint density at radius 2 is 2.43 bits per heavy atom. The summed E-state index contributed by atoms with van der Waals surface area (Å²) in [5, 5.41) is 8.88. The minimum atomic E-state index is -0.0197. The third-order valence-electron chi connectivity index (χ3n) is 1.38. The molecule has 0 saturated carbocycles. The highest BCUT2D eigenvalue weighted by Crippen LogP contribution is 2.11. The second kappa shape index (κ2) is 2.36. The van der Waals surface area contributed by atoms with Crippen molar-refractivity contribution < 1.29 is 5.11 Å². The molecule has 0 aliphatic carbocycles. The maximum atomic E-state index is 8.88. The van der Waals surface area contributed by atoms with Crippen molar-refractivity contribution >= 4 is 7.28 Å². The number of hydrogen-bond donors (Lipinski definition) is 1. The molecule has 1 atom stereocenters. The smallest absolute Gasteiger partial charge is 0.112 e. The topological polar surface area (TPSA) is 20.2 Å². The Bertz CT molecular complexity index is 50.0. The van der Waals surface area contributed by atoms with Crippen LogP contribution in [0.15, 0.2) is 0 Å². The minimum Gasteiger partial charge on any atom is -0.394 e. The van der Waals surface area contributed by atoms with Crippen molar-refractivity contribution in [3.63, 3.8) is 0 Å². The van der Waals surface area contributed by atoms with Crippen LogP contribution in [-0.4, -0.2) is 18.5 Å². The van der Waals surface area contributed by atoms with E-state index in [1.165, 1.54) is 12.7 Å². The lowest BCUT2D eigenvalue weighted by Gasteiger charge is -2.13. The summed E-state index contributed by atoms with van der Waals surface area (Å²) in [7, 11) is 2.16. The van der Waals surface area contributed by atoms with Gasteiger partial charge in [-0.05, 0) is 6.42 Å². The average molecular weight is 96.9 g/mol. The van der Waals surface area contributed by atoms with Crippen LogP contribution in [0.5, 0.6) is 0 Å². The van der Waals surface area contributed by atoms with E-state index in [0.29, 0.717) is 0 Å². The lowest BCUT2D eigenvalue weighted by molar-refractivity contribution is 0.178. The molecular weight excluding hydrogens is 86.9 g/mol. The monoisotopic (exact) mass is 97.1 g/mol. The summed E-state index contributed by atoms with van der Waals surface area (Å²) in [6, 6.07) is 0. The van der Waals surface area contributed by atoms with Crippen LogP contribution in [-0.2, 0) is 0 Å². The highest BCUT2D eigenvalue weighted by molar-refractivity contribution is 6.35. The Morgan fingerprint density at radius 1 is 1.57 bits per heavy atom. The Morgan fingerprint density at radius 3 is 2.71 bits per heavy atom. The third kappa shape index (κ3) is 1.52. The Labute approximate surface area is 45.0 Å². The summed E-state index contributed by atoms with van der Waals surface area (Å²) >= 11 is 0. The van der Waals surface area contributed by atoms with Crippen LogP contribution in [0.1, 0.15) is 12.8 Å². The van der Waals surface area contributed by atoms with E-state index in [9.17, 15) is 0 Å². The lowest BCUT2D eigenvalue weighted by atomic mass is 9.63. The van der Waals surface area contributed by atoms with Gasteiger partial charge in [-0.25, -0.2) is 0 Å². The van der Waals surface area contributed by atoms with Crippen molar-refractivity contribution in [1.29, 1.82) is 0 Å². The first-order valence-corrected chi connectivity index (χ1v) is 2.89. The summed E-state index contributed by atoms with van der Waals surface area (Å²) in [5.41, 5.74) is 0. The largest absolute Gasteiger partial charge is 0.394 e. The van der Waals surface area contributed by atoms with Gasteiger partial charge >= 0.3 is 0 Å². The summed E-state index contributed by atoms with van der Waals surface area (Å²) in [6.45, 7) is 0. The van der Waals surface area contributed by atoms with E-state index in [1.807, 2.05) is 0 Å². The first-order chi connectivity index (χ1) is 3.39. The van der Waals surface area contributed by atoms with Crippen molar-refractivity contribution in [2.24, 2.45) is 0 Å². The molecule has 1 saturated heterocycles. The van der Waals surface area contributed by atoms with Crippen LogP contribution in [0.25, 0.3) is 0 Å². The summed E-state index contributed by atoms with van der Waals surface area (Å²) in [5.74, 6) is 0. The number of aliphatic hydroxyl groups excluding tert-OH is 1. The molecular formula is C5H10BO. The molecule has 1 heterocycles. The van der Waals surface area contributed by atoms with Crippen molar-refractivity contribution in [3.05, 3.63) is 0 Å². The highest BCUT2D eigenvalue weighted by atomic mass is 16.3. The molecule has 0 aromatic heterocycles. The van der Waals surface area contributed by atoms with E-state index in [0.717, 1.165) is 12.7 Å². The molecule has 0 bridgehead atoms. The Hall–Kier alpha value is 0.0249. The fraction of sp³-hybridized carbons (Fsp3) is 1.00. The van der Waals surface area contributed by atoms with E-state index in [4.69, 9.17) is 5.11 Å². The molecule has 1 unspecified atom stereocenters. The zero-order valence-corrected chi connectivity index (χ0v) is 4.43. The van der Waals surface area contributed by atoms with Gasteiger partial charge in [-0.3, -0.25) is 0 Å². The Balaban J connectivity index is 2.12. The van der Waals surface area contributed by atoms with Gasteiger partial charge < -0.3 is 5.11 Å². The fourth-order valence-electron chi connectivity index (χ4n) is 0.926. The molecule has 2 heteroatoms. The molecule has 1 fully saturated rings. The molecule has 1 N–H and O–H groups in total. The molecule has 1 aliphatic rings. The number of hydrogen-bond acceptors (Lipinski definition) is 1. The quantitative estimate of drug-likeness (QED) is 0.440. The van der Waals surface area contributed by atoms with Gasteiger partial charge in [0.2, 0.25) is 0 Å². The number of aliphatic hydroxyl groups is 1. The van der Waals surface area contributed by atoms with Crippen molar-refractivity contribution in [3.8, 4) is 0 Å². The molecule has 1 radical (unpaired) electrons. The predicted molar refractivity (Wildman–Crippen MR) is 30.6 cm³/mol. The second-order valence-corrected chi connectivity index (χ2v) is 2.11. The second-order valence-electron chi connectivity index (χ2n) is 2.11.